The van der Waals surface area contributed by atoms with E-state index in [2.05, 4.69) is 64.4 Å². The Morgan fingerprint density at radius 3 is 2.20 bits per heavy atom. The van der Waals surface area contributed by atoms with E-state index in [1.165, 1.54) is 84.5 Å². The molecule has 3 fully saturated rings. The molecular formula is C32H49N7O. The Morgan fingerprint density at radius 2 is 1.62 bits per heavy atom. The summed E-state index contributed by atoms with van der Waals surface area (Å²) in [7, 11) is 3.38. The largest absolute Gasteiger partial charge is 0.370 e. The normalized spacial score (nSPS) is 18.6. The van der Waals surface area contributed by atoms with Gasteiger partial charge in [0.1, 0.15) is 11.6 Å². The minimum absolute atomic E-state index is 0.682. The molecule has 0 radical (unpaired) electrons. The quantitative estimate of drug-likeness (QED) is 0.468. The fraction of sp³-hybridized carbons (Fsp3) is 0.594. The molecular weight excluding hydrogens is 498 g/mol. The number of rotatable bonds is 7. The van der Waals surface area contributed by atoms with Crippen molar-refractivity contribution < 1.29 is 4.79 Å². The number of aromatic nitrogens is 2. The molecule has 8 heteroatoms. The fourth-order valence-electron chi connectivity index (χ4n) is 6.31. The van der Waals surface area contributed by atoms with Crippen LogP contribution in [-0.2, 0) is 4.79 Å². The molecule has 0 atom stereocenters. The minimum atomic E-state index is 0.682. The van der Waals surface area contributed by atoms with Gasteiger partial charge in [0.25, 0.3) is 0 Å². The van der Waals surface area contributed by atoms with Gasteiger partial charge in [0.15, 0.2) is 0 Å². The fourth-order valence-corrected chi connectivity index (χ4v) is 6.31. The first kappa shape index (κ1) is 30.0. The highest BCUT2D eigenvalue weighted by atomic mass is 16.1. The van der Waals surface area contributed by atoms with Gasteiger partial charge in [0.05, 0.1) is 11.9 Å². The van der Waals surface area contributed by atoms with Crippen LogP contribution in [0.4, 0.5) is 17.3 Å². The van der Waals surface area contributed by atoms with E-state index in [1.807, 2.05) is 12.4 Å². The van der Waals surface area contributed by atoms with E-state index in [0.29, 0.717) is 5.92 Å². The molecule has 0 unspecified atom stereocenters. The predicted molar refractivity (Wildman–Crippen MR) is 166 cm³/mol. The molecule has 0 bridgehead atoms. The summed E-state index contributed by atoms with van der Waals surface area (Å²) in [6.45, 7) is 13.6. The number of nitrogens with zero attached hydrogens (tertiary/aromatic N) is 5. The number of pyridine rings is 2. The second-order valence-electron chi connectivity index (χ2n) is 11.9. The summed E-state index contributed by atoms with van der Waals surface area (Å²) in [6, 6.07) is 7.26. The van der Waals surface area contributed by atoms with Gasteiger partial charge in [-0.2, -0.15) is 0 Å². The first-order chi connectivity index (χ1) is 19.4. The highest BCUT2D eigenvalue weighted by Gasteiger charge is 2.26. The molecule has 2 aromatic rings. The highest BCUT2D eigenvalue weighted by Crippen LogP contribution is 2.40. The summed E-state index contributed by atoms with van der Waals surface area (Å²) in [5, 5.41) is 6.93. The van der Waals surface area contributed by atoms with Crippen LogP contribution in [0.5, 0.6) is 0 Å². The van der Waals surface area contributed by atoms with E-state index in [1.54, 1.807) is 14.1 Å². The standard InChI is InChI=1S/C29H42N6.C3H7NO/c1-21(2)29(23-6-4-5-7-23)26-18-28(31-19-22(26)3)33-27-9-8-25(20-32-27)34-14-10-24(11-15-34)35-16-12-30-13-17-35;1-4(2)3-5/h8-9,18-20,23-24,30H,4-7,10-17H2,1-3H3,(H,31,32,33);3H,1-2H3. The van der Waals surface area contributed by atoms with Crippen LogP contribution in [0, 0.1) is 12.8 Å². The van der Waals surface area contributed by atoms with E-state index < -0.39 is 0 Å². The molecule has 4 heterocycles. The summed E-state index contributed by atoms with van der Waals surface area (Å²) in [5.74, 6) is 2.41. The lowest BCUT2D eigenvalue weighted by molar-refractivity contribution is -0.115. The summed E-state index contributed by atoms with van der Waals surface area (Å²) in [4.78, 5) is 25.5. The van der Waals surface area contributed by atoms with Gasteiger partial charge in [-0.15, -0.1) is 0 Å². The molecule has 2 aromatic heterocycles. The van der Waals surface area contributed by atoms with Crippen molar-refractivity contribution in [1.82, 2.24) is 25.1 Å². The molecule has 5 rings (SSSR count). The molecule has 8 nitrogen and oxygen atoms in total. The average Bonchev–Trinajstić information content (AvgIpc) is 3.50. The van der Waals surface area contributed by atoms with E-state index >= 15 is 0 Å². The Labute approximate surface area is 241 Å². The zero-order chi connectivity index (χ0) is 28.5. The van der Waals surface area contributed by atoms with Gasteiger partial charge in [-0.25, -0.2) is 9.97 Å². The summed E-state index contributed by atoms with van der Waals surface area (Å²) in [5.41, 5.74) is 6.78. The van der Waals surface area contributed by atoms with Crippen molar-refractivity contribution in [2.24, 2.45) is 5.92 Å². The molecule has 1 aliphatic carbocycles. The predicted octanol–water partition coefficient (Wildman–Crippen LogP) is 5.09. The molecule has 218 valence electrons. The van der Waals surface area contributed by atoms with E-state index in [0.717, 1.165) is 50.3 Å². The molecule has 1 amide bonds. The summed E-state index contributed by atoms with van der Waals surface area (Å²) < 4.78 is 0. The molecule has 1 saturated carbocycles. The lowest BCUT2D eigenvalue weighted by Crippen LogP contribution is -2.52. The third kappa shape index (κ3) is 8.04. The smallest absolute Gasteiger partial charge is 0.209 e. The van der Waals surface area contributed by atoms with Crippen molar-refractivity contribution in [3.63, 3.8) is 0 Å². The number of carbonyl (C=O) groups excluding carboxylic acids is 1. The van der Waals surface area contributed by atoms with E-state index in [9.17, 15) is 4.79 Å². The van der Waals surface area contributed by atoms with Crippen molar-refractivity contribution >= 4 is 29.3 Å². The highest BCUT2D eigenvalue weighted by molar-refractivity contribution is 5.74. The molecule has 2 N–H and O–H groups in total. The first-order valence-corrected chi connectivity index (χ1v) is 15.0. The van der Waals surface area contributed by atoms with Gasteiger partial charge in [-0.1, -0.05) is 18.4 Å². The van der Waals surface area contributed by atoms with Crippen molar-refractivity contribution in [3.8, 4) is 0 Å². The molecule has 40 heavy (non-hydrogen) atoms. The third-order valence-electron chi connectivity index (χ3n) is 8.41. The molecule has 0 aromatic carbocycles. The zero-order valence-corrected chi connectivity index (χ0v) is 25.2. The van der Waals surface area contributed by atoms with E-state index in [-0.39, 0.29) is 0 Å². The van der Waals surface area contributed by atoms with Crippen molar-refractivity contribution in [1.29, 1.82) is 0 Å². The maximum absolute atomic E-state index is 9.43. The van der Waals surface area contributed by atoms with Gasteiger partial charge >= 0.3 is 0 Å². The van der Waals surface area contributed by atoms with Crippen molar-refractivity contribution in [3.05, 3.63) is 47.3 Å². The summed E-state index contributed by atoms with van der Waals surface area (Å²) in [6.07, 6.45) is 12.6. The van der Waals surface area contributed by atoms with Crippen molar-refractivity contribution in [2.45, 2.75) is 65.3 Å². The Morgan fingerprint density at radius 1 is 0.975 bits per heavy atom. The Hall–Kier alpha value is -2.97. The molecule has 3 aliphatic rings. The topological polar surface area (TPSA) is 76.6 Å². The van der Waals surface area contributed by atoms with Crippen LogP contribution in [0.3, 0.4) is 0 Å². The average molecular weight is 548 g/mol. The molecule has 0 spiro atoms. The van der Waals surface area contributed by atoms with Crippen molar-refractivity contribution in [2.75, 3.05) is 63.6 Å². The zero-order valence-electron chi connectivity index (χ0n) is 25.2. The second kappa shape index (κ2) is 14.6. The monoisotopic (exact) mass is 547 g/mol. The number of aryl methyl sites for hydroxylation is 1. The van der Waals surface area contributed by atoms with Gasteiger partial charge in [-0.05, 0) is 87.3 Å². The van der Waals surface area contributed by atoms with Crippen LogP contribution in [0.15, 0.2) is 36.2 Å². The number of hydrogen-bond donors (Lipinski definition) is 2. The number of piperazine rings is 1. The lowest BCUT2D eigenvalue weighted by Gasteiger charge is -2.41. The van der Waals surface area contributed by atoms with Gasteiger partial charge < -0.3 is 20.4 Å². The van der Waals surface area contributed by atoms with Crippen LogP contribution in [-0.4, -0.2) is 85.6 Å². The van der Waals surface area contributed by atoms with Crippen LogP contribution in [0.1, 0.15) is 63.5 Å². The number of amides is 1. The van der Waals surface area contributed by atoms with E-state index in [4.69, 9.17) is 4.98 Å². The van der Waals surface area contributed by atoms with Crippen LogP contribution < -0.4 is 15.5 Å². The van der Waals surface area contributed by atoms with Crippen LogP contribution in [0.2, 0.25) is 0 Å². The van der Waals surface area contributed by atoms with Gasteiger partial charge in [0.2, 0.25) is 6.41 Å². The SMILES string of the molecule is CC(C)=C(c1cc(Nc2ccc(N3CCC(N4CCNCC4)CC3)cn2)ncc1C)C1CCCC1.CN(C)C=O. The minimum Gasteiger partial charge on any atom is -0.370 e. The number of allylic oxidation sites excluding steroid dienone is 2. The number of hydrogen-bond acceptors (Lipinski definition) is 7. The maximum Gasteiger partial charge on any atom is 0.209 e. The first-order valence-electron chi connectivity index (χ1n) is 15.0. The number of nitrogens with one attached hydrogen (secondary N) is 2. The number of anilines is 3. The second-order valence-corrected chi connectivity index (χ2v) is 11.9. The Bertz CT molecular complexity index is 1110. The maximum atomic E-state index is 9.43. The third-order valence-corrected chi connectivity index (χ3v) is 8.41. The van der Waals surface area contributed by atoms with Gasteiger partial charge in [0, 0.05) is 65.6 Å². The van der Waals surface area contributed by atoms with Crippen LogP contribution >= 0.6 is 0 Å². The lowest BCUT2D eigenvalue weighted by atomic mass is 9.86. The number of piperidine rings is 1. The van der Waals surface area contributed by atoms with Crippen LogP contribution in [0.25, 0.3) is 5.57 Å². The van der Waals surface area contributed by atoms with Gasteiger partial charge in [-0.3, -0.25) is 9.69 Å². The summed E-state index contributed by atoms with van der Waals surface area (Å²) >= 11 is 0. The number of carbonyl (C=O) groups is 1. The molecule has 2 saturated heterocycles. The Kier molecular flexibility index (Phi) is 10.9. The molecule has 2 aliphatic heterocycles. The Balaban J connectivity index is 0.000000681.